The molecule has 0 aromatic heterocycles. The van der Waals surface area contributed by atoms with Gasteiger partial charge in [-0.3, -0.25) is 9.59 Å². The van der Waals surface area contributed by atoms with E-state index in [1.54, 1.807) is 19.9 Å². The van der Waals surface area contributed by atoms with Crippen molar-refractivity contribution in [3.63, 3.8) is 0 Å². The lowest BCUT2D eigenvalue weighted by Crippen LogP contribution is -2.43. The lowest BCUT2D eigenvalue weighted by atomic mass is 9.82. The minimum absolute atomic E-state index is 0.162. The van der Waals surface area contributed by atoms with Crippen LogP contribution in [0.5, 0.6) is 0 Å². The highest BCUT2D eigenvalue weighted by molar-refractivity contribution is 6.42. The molecule has 0 bridgehead atoms. The Labute approximate surface area is 128 Å². The molecular formula is C14H16Cl2O4. The van der Waals surface area contributed by atoms with Crippen LogP contribution in [0.2, 0.25) is 10.0 Å². The number of benzene rings is 1. The van der Waals surface area contributed by atoms with Crippen LogP contribution < -0.4 is 0 Å². The van der Waals surface area contributed by atoms with Gasteiger partial charge < -0.3 is 9.47 Å². The monoisotopic (exact) mass is 318 g/mol. The van der Waals surface area contributed by atoms with Crippen molar-refractivity contribution in [3.8, 4) is 0 Å². The minimum Gasteiger partial charge on any atom is -0.465 e. The number of hydrogen-bond donors (Lipinski definition) is 0. The summed E-state index contributed by atoms with van der Waals surface area (Å²) in [5.41, 5.74) is -1.19. The molecule has 0 radical (unpaired) electrons. The lowest BCUT2D eigenvalue weighted by Gasteiger charge is -2.25. The fourth-order valence-electron chi connectivity index (χ4n) is 1.68. The summed E-state index contributed by atoms with van der Waals surface area (Å²) < 4.78 is 9.97. The van der Waals surface area contributed by atoms with E-state index in [0.717, 1.165) is 0 Å². The number of rotatable bonds is 5. The SMILES string of the molecule is CCOC(=O)C(C)(C(=O)OCC)c1ccc(Cl)c(Cl)c1. The molecule has 4 nitrogen and oxygen atoms in total. The van der Waals surface area contributed by atoms with Crippen molar-refractivity contribution < 1.29 is 19.1 Å². The van der Waals surface area contributed by atoms with Crippen LogP contribution >= 0.6 is 23.2 Å². The predicted octanol–water partition coefficient (Wildman–Crippen LogP) is 3.38. The van der Waals surface area contributed by atoms with E-state index in [0.29, 0.717) is 10.6 Å². The topological polar surface area (TPSA) is 52.6 Å². The van der Waals surface area contributed by atoms with Crippen LogP contribution in [0.4, 0.5) is 0 Å². The fourth-order valence-corrected chi connectivity index (χ4v) is 1.98. The Hall–Kier alpha value is -1.26. The van der Waals surface area contributed by atoms with Gasteiger partial charge in [-0.05, 0) is 38.5 Å². The van der Waals surface area contributed by atoms with Crippen LogP contribution in [0.1, 0.15) is 26.3 Å². The van der Waals surface area contributed by atoms with Crippen LogP contribution in [0.25, 0.3) is 0 Å². The Morgan fingerprint density at radius 1 is 1.05 bits per heavy atom. The fraction of sp³-hybridized carbons (Fsp3) is 0.429. The maximum atomic E-state index is 12.2. The van der Waals surface area contributed by atoms with Crippen molar-refractivity contribution in [2.45, 2.75) is 26.2 Å². The van der Waals surface area contributed by atoms with E-state index < -0.39 is 17.4 Å². The van der Waals surface area contributed by atoms with Crippen LogP contribution in [0.15, 0.2) is 18.2 Å². The third kappa shape index (κ3) is 3.25. The van der Waals surface area contributed by atoms with Gasteiger partial charge in [0.25, 0.3) is 0 Å². The Morgan fingerprint density at radius 3 is 1.95 bits per heavy atom. The largest absolute Gasteiger partial charge is 0.465 e. The van der Waals surface area contributed by atoms with Crippen molar-refractivity contribution in [1.82, 2.24) is 0 Å². The summed E-state index contributed by atoms with van der Waals surface area (Å²) in [4.78, 5) is 24.4. The molecule has 0 saturated heterocycles. The first-order chi connectivity index (χ1) is 9.37. The van der Waals surface area contributed by atoms with Crippen LogP contribution in [0.3, 0.4) is 0 Å². The van der Waals surface area contributed by atoms with Crippen molar-refractivity contribution in [2.24, 2.45) is 0 Å². The number of carbonyl (C=O) groups excluding carboxylic acids is 2. The second kappa shape index (κ2) is 6.95. The molecule has 0 aliphatic heterocycles. The van der Waals surface area contributed by atoms with E-state index >= 15 is 0 Å². The van der Waals surface area contributed by atoms with Crippen molar-refractivity contribution in [2.75, 3.05) is 13.2 Å². The average molecular weight is 319 g/mol. The van der Waals surface area contributed by atoms with Crippen molar-refractivity contribution >= 4 is 35.1 Å². The molecule has 0 saturated carbocycles. The zero-order valence-electron chi connectivity index (χ0n) is 11.5. The highest BCUT2D eigenvalue weighted by Gasteiger charge is 2.46. The molecular weight excluding hydrogens is 303 g/mol. The van der Waals surface area contributed by atoms with E-state index in [-0.39, 0.29) is 18.2 Å². The molecule has 0 N–H and O–H groups in total. The molecule has 0 heterocycles. The minimum atomic E-state index is -1.57. The average Bonchev–Trinajstić information content (AvgIpc) is 2.41. The summed E-state index contributed by atoms with van der Waals surface area (Å²) in [6.45, 7) is 5.10. The normalized spacial score (nSPS) is 11.1. The first-order valence-corrected chi connectivity index (χ1v) is 6.93. The van der Waals surface area contributed by atoms with Gasteiger partial charge in [0.2, 0.25) is 0 Å². The van der Waals surface area contributed by atoms with Gasteiger partial charge in [-0.25, -0.2) is 0 Å². The molecule has 0 unspecified atom stereocenters. The molecule has 0 atom stereocenters. The lowest BCUT2D eigenvalue weighted by molar-refractivity contribution is -0.163. The zero-order chi connectivity index (χ0) is 15.3. The maximum Gasteiger partial charge on any atom is 0.327 e. The van der Waals surface area contributed by atoms with Crippen molar-refractivity contribution in [1.29, 1.82) is 0 Å². The van der Waals surface area contributed by atoms with Crippen LogP contribution in [-0.2, 0) is 24.5 Å². The molecule has 110 valence electrons. The highest BCUT2D eigenvalue weighted by atomic mass is 35.5. The third-order valence-electron chi connectivity index (χ3n) is 2.86. The summed E-state index contributed by atoms with van der Waals surface area (Å²) in [6.07, 6.45) is 0. The molecule has 0 spiro atoms. The molecule has 1 aromatic carbocycles. The second-order valence-corrected chi connectivity index (χ2v) is 5.01. The Balaban J connectivity index is 3.32. The second-order valence-electron chi connectivity index (χ2n) is 4.19. The number of carbonyl (C=O) groups is 2. The number of esters is 2. The first-order valence-electron chi connectivity index (χ1n) is 6.17. The van der Waals surface area contributed by atoms with E-state index in [4.69, 9.17) is 32.7 Å². The van der Waals surface area contributed by atoms with Crippen LogP contribution in [0, 0.1) is 0 Å². The molecule has 0 fully saturated rings. The van der Waals surface area contributed by atoms with Gasteiger partial charge in [0.15, 0.2) is 5.41 Å². The van der Waals surface area contributed by atoms with E-state index in [2.05, 4.69) is 0 Å². The van der Waals surface area contributed by atoms with Gasteiger partial charge in [0.05, 0.1) is 23.3 Å². The number of ether oxygens (including phenoxy) is 2. The maximum absolute atomic E-state index is 12.2. The molecule has 0 amide bonds. The number of hydrogen-bond acceptors (Lipinski definition) is 4. The van der Waals surface area contributed by atoms with Crippen LogP contribution in [-0.4, -0.2) is 25.2 Å². The van der Waals surface area contributed by atoms with E-state index in [9.17, 15) is 9.59 Å². The van der Waals surface area contributed by atoms with Gasteiger partial charge in [-0.15, -0.1) is 0 Å². The molecule has 1 aromatic rings. The van der Waals surface area contributed by atoms with Gasteiger partial charge in [-0.1, -0.05) is 29.3 Å². The standard InChI is InChI=1S/C14H16Cl2O4/c1-4-19-12(17)14(3,13(18)20-5-2)9-6-7-10(15)11(16)8-9/h6-8H,4-5H2,1-3H3. The Kier molecular flexibility index (Phi) is 5.84. The predicted molar refractivity (Wildman–Crippen MR) is 77.1 cm³/mol. The zero-order valence-corrected chi connectivity index (χ0v) is 13.0. The van der Waals surface area contributed by atoms with E-state index in [1.807, 2.05) is 0 Å². The molecule has 6 heteroatoms. The summed E-state index contributed by atoms with van der Waals surface area (Å²) >= 11 is 11.8. The summed E-state index contributed by atoms with van der Waals surface area (Å²) in [7, 11) is 0. The van der Waals surface area contributed by atoms with E-state index in [1.165, 1.54) is 19.1 Å². The quantitative estimate of drug-likeness (QED) is 0.617. The van der Waals surface area contributed by atoms with Crippen molar-refractivity contribution in [3.05, 3.63) is 33.8 Å². The summed E-state index contributed by atoms with van der Waals surface area (Å²) in [6, 6.07) is 4.55. The third-order valence-corrected chi connectivity index (χ3v) is 3.60. The summed E-state index contributed by atoms with van der Waals surface area (Å²) in [5, 5.41) is 0.592. The van der Waals surface area contributed by atoms with Gasteiger partial charge in [0, 0.05) is 0 Å². The molecule has 0 aliphatic rings. The Bertz CT molecular complexity index is 496. The smallest absolute Gasteiger partial charge is 0.327 e. The number of halogens is 2. The van der Waals surface area contributed by atoms with Gasteiger partial charge in [0.1, 0.15) is 0 Å². The van der Waals surface area contributed by atoms with Gasteiger partial charge >= 0.3 is 11.9 Å². The Morgan fingerprint density at radius 2 is 1.55 bits per heavy atom. The molecule has 20 heavy (non-hydrogen) atoms. The highest BCUT2D eigenvalue weighted by Crippen LogP contribution is 2.32. The summed E-state index contributed by atoms with van der Waals surface area (Å²) in [5.74, 6) is -1.37. The molecule has 0 aliphatic carbocycles. The molecule has 1 rings (SSSR count). The first kappa shape index (κ1) is 16.8. The van der Waals surface area contributed by atoms with Gasteiger partial charge in [-0.2, -0.15) is 0 Å².